The van der Waals surface area contributed by atoms with Gasteiger partial charge in [-0.25, -0.2) is 0 Å². The molecule has 1 fully saturated rings. The van der Waals surface area contributed by atoms with E-state index in [0.717, 1.165) is 12.8 Å². The largest absolute Gasteiger partial charge is 0.409 e. The van der Waals surface area contributed by atoms with Gasteiger partial charge in [0.1, 0.15) is 5.41 Å². The van der Waals surface area contributed by atoms with Crippen LogP contribution in [0, 0.1) is 11.3 Å². The van der Waals surface area contributed by atoms with Crippen LogP contribution in [0.1, 0.15) is 39.5 Å². The predicted molar refractivity (Wildman–Crippen MR) is 73.0 cm³/mol. The van der Waals surface area contributed by atoms with Gasteiger partial charge in [-0.3, -0.25) is 4.79 Å². The molecule has 0 aromatic carbocycles. The number of ether oxygens (including phenoxy) is 1. The number of amides is 1. The van der Waals surface area contributed by atoms with Crippen molar-refractivity contribution in [2.45, 2.75) is 39.5 Å². The van der Waals surface area contributed by atoms with Crippen LogP contribution in [0.25, 0.3) is 0 Å². The Kier molecular flexibility index (Phi) is 6.08. The maximum absolute atomic E-state index is 12.4. The molecule has 1 aliphatic rings. The second kappa shape index (κ2) is 7.33. The second-order valence-electron chi connectivity index (χ2n) is 5.07. The molecule has 6 nitrogen and oxygen atoms in total. The average molecular weight is 271 g/mol. The van der Waals surface area contributed by atoms with E-state index in [1.54, 1.807) is 0 Å². The molecule has 4 N–H and O–H groups in total. The predicted octanol–water partition coefficient (Wildman–Crippen LogP) is 1.08. The lowest BCUT2D eigenvalue weighted by Gasteiger charge is -2.34. The van der Waals surface area contributed by atoms with E-state index in [-0.39, 0.29) is 11.7 Å². The lowest BCUT2D eigenvalue weighted by atomic mass is 9.78. The summed E-state index contributed by atoms with van der Waals surface area (Å²) in [7, 11) is 0. The molecule has 0 saturated carbocycles. The van der Waals surface area contributed by atoms with E-state index >= 15 is 0 Å². The van der Waals surface area contributed by atoms with E-state index < -0.39 is 5.41 Å². The van der Waals surface area contributed by atoms with Gasteiger partial charge in [-0.05, 0) is 18.8 Å². The van der Waals surface area contributed by atoms with Gasteiger partial charge >= 0.3 is 0 Å². The standard InChI is InChI=1S/C13H25N3O3/c1-3-10(4-2)9-15-12(17)13(11(14)16-18)5-7-19-8-6-13/h10,18H,3-9H2,1-2H3,(H2,14,16)(H,15,17). The molecular weight excluding hydrogens is 246 g/mol. The number of carbonyl (C=O) groups is 1. The Bertz CT molecular complexity index is 321. The van der Waals surface area contributed by atoms with E-state index in [1.807, 2.05) is 0 Å². The first-order valence-electron chi connectivity index (χ1n) is 6.94. The topological polar surface area (TPSA) is 96.9 Å². The van der Waals surface area contributed by atoms with Gasteiger partial charge in [0.05, 0.1) is 0 Å². The van der Waals surface area contributed by atoms with Crippen LogP contribution in [-0.4, -0.2) is 36.7 Å². The first-order valence-corrected chi connectivity index (χ1v) is 6.94. The van der Waals surface area contributed by atoms with Crippen molar-refractivity contribution in [2.75, 3.05) is 19.8 Å². The van der Waals surface area contributed by atoms with Crippen LogP contribution >= 0.6 is 0 Å². The molecule has 0 radical (unpaired) electrons. The maximum Gasteiger partial charge on any atom is 0.234 e. The Morgan fingerprint density at radius 3 is 2.47 bits per heavy atom. The van der Waals surface area contributed by atoms with Gasteiger partial charge in [0, 0.05) is 19.8 Å². The Labute approximate surface area is 114 Å². The molecule has 0 unspecified atom stereocenters. The third kappa shape index (κ3) is 3.59. The molecule has 1 rings (SSSR count). The van der Waals surface area contributed by atoms with Crippen LogP contribution in [-0.2, 0) is 9.53 Å². The van der Waals surface area contributed by atoms with Crippen molar-refractivity contribution in [3.05, 3.63) is 0 Å². The van der Waals surface area contributed by atoms with Gasteiger partial charge in [0.15, 0.2) is 5.84 Å². The summed E-state index contributed by atoms with van der Waals surface area (Å²) in [4.78, 5) is 12.4. The van der Waals surface area contributed by atoms with Crippen LogP contribution < -0.4 is 11.1 Å². The van der Waals surface area contributed by atoms with Crippen LogP contribution in [0.15, 0.2) is 5.16 Å². The molecule has 1 saturated heterocycles. The highest BCUT2D eigenvalue weighted by Crippen LogP contribution is 2.31. The molecular formula is C13H25N3O3. The first-order chi connectivity index (χ1) is 9.10. The summed E-state index contributed by atoms with van der Waals surface area (Å²) in [5.74, 6) is 0.295. The Morgan fingerprint density at radius 1 is 1.42 bits per heavy atom. The molecule has 0 aliphatic carbocycles. The van der Waals surface area contributed by atoms with Crippen LogP contribution in [0.5, 0.6) is 0 Å². The summed E-state index contributed by atoms with van der Waals surface area (Å²) in [6.45, 7) is 5.75. The highest BCUT2D eigenvalue weighted by Gasteiger charge is 2.44. The van der Waals surface area contributed by atoms with E-state index in [4.69, 9.17) is 15.7 Å². The lowest BCUT2D eigenvalue weighted by molar-refractivity contribution is -0.131. The van der Waals surface area contributed by atoms with Crippen molar-refractivity contribution in [3.8, 4) is 0 Å². The minimum absolute atomic E-state index is 0.0159. The molecule has 0 atom stereocenters. The third-order valence-corrected chi connectivity index (χ3v) is 4.09. The summed E-state index contributed by atoms with van der Waals surface area (Å²) in [5.41, 5.74) is 4.82. The number of nitrogens with two attached hydrogens (primary N) is 1. The Balaban J connectivity index is 2.73. The van der Waals surface area contributed by atoms with Crippen LogP contribution in [0.4, 0.5) is 0 Å². The maximum atomic E-state index is 12.4. The minimum Gasteiger partial charge on any atom is -0.409 e. The second-order valence-corrected chi connectivity index (χ2v) is 5.07. The zero-order chi connectivity index (χ0) is 14.3. The molecule has 19 heavy (non-hydrogen) atoms. The number of carbonyl (C=O) groups excluding carboxylic acids is 1. The molecule has 1 heterocycles. The van der Waals surface area contributed by atoms with Crippen molar-refractivity contribution in [1.82, 2.24) is 5.32 Å². The first kappa shape index (κ1) is 15.8. The van der Waals surface area contributed by atoms with Crippen molar-refractivity contribution >= 4 is 11.7 Å². The molecule has 6 heteroatoms. The summed E-state index contributed by atoms with van der Waals surface area (Å²) < 4.78 is 5.27. The SMILES string of the molecule is CCC(CC)CNC(=O)C1(C(N)=NO)CCOCC1. The molecule has 0 bridgehead atoms. The lowest BCUT2D eigenvalue weighted by Crippen LogP contribution is -2.53. The number of nitrogens with one attached hydrogen (secondary N) is 1. The highest BCUT2D eigenvalue weighted by atomic mass is 16.5. The molecule has 1 amide bonds. The monoisotopic (exact) mass is 271 g/mol. The quantitative estimate of drug-likeness (QED) is 0.291. The zero-order valence-corrected chi connectivity index (χ0v) is 11.8. The van der Waals surface area contributed by atoms with E-state index in [9.17, 15) is 4.79 Å². The van der Waals surface area contributed by atoms with Gasteiger partial charge in [-0.15, -0.1) is 0 Å². The van der Waals surface area contributed by atoms with Gasteiger partial charge in [-0.2, -0.15) is 0 Å². The van der Waals surface area contributed by atoms with Gasteiger partial charge < -0.3 is 21.0 Å². The summed E-state index contributed by atoms with van der Waals surface area (Å²) in [5, 5.41) is 14.9. The molecule has 1 aliphatic heterocycles. The van der Waals surface area contributed by atoms with Crippen molar-refractivity contribution < 1.29 is 14.7 Å². The van der Waals surface area contributed by atoms with Crippen molar-refractivity contribution in [2.24, 2.45) is 22.2 Å². The van der Waals surface area contributed by atoms with Crippen molar-refractivity contribution in [1.29, 1.82) is 0 Å². The molecule has 0 aromatic rings. The number of amidine groups is 1. The smallest absolute Gasteiger partial charge is 0.234 e. The summed E-state index contributed by atoms with van der Waals surface area (Å²) in [6.07, 6.45) is 2.96. The third-order valence-electron chi connectivity index (χ3n) is 4.09. The molecule has 110 valence electrons. The number of nitrogens with zero attached hydrogens (tertiary/aromatic N) is 1. The summed E-state index contributed by atoms with van der Waals surface area (Å²) in [6, 6.07) is 0. The fourth-order valence-corrected chi connectivity index (χ4v) is 2.40. The highest BCUT2D eigenvalue weighted by molar-refractivity contribution is 6.06. The van der Waals surface area contributed by atoms with Crippen LogP contribution in [0.2, 0.25) is 0 Å². The van der Waals surface area contributed by atoms with Gasteiger partial charge in [-0.1, -0.05) is 31.8 Å². The average Bonchev–Trinajstić information content (AvgIpc) is 2.47. The summed E-state index contributed by atoms with van der Waals surface area (Å²) >= 11 is 0. The van der Waals surface area contributed by atoms with E-state index in [0.29, 0.717) is 38.5 Å². The Hall–Kier alpha value is -1.30. The normalized spacial score (nSPS) is 19.4. The fourth-order valence-electron chi connectivity index (χ4n) is 2.40. The Morgan fingerprint density at radius 2 is 2.00 bits per heavy atom. The fraction of sp³-hybridized carbons (Fsp3) is 0.846. The number of rotatable bonds is 6. The van der Waals surface area contributed by atoms with Gasteiger partial charge in [0.2, 0.25) is 5.91 Å². The molecule has 0 spiro atoms. The number of hydrogen-bond donors (Lipinski definition) is 3. The number of oxime groups is 1. The zero-order valence-electron chi connectivity index (χ0n) is 11.8. The number of hydrogen-bond acceptors (Lipinski definition) is 4. The van der Waals surface area contributed by atoms with Crippen LogP contribution in [0.3, 0.4) is 0 Å². The minimum atomic E-state index is -0.918. The van der Waals surface area contributed by atoms with E-state index in [1.165, 1.54) is 0 Å². The van der Waals surface area contributed by atoms with Crippen molar-refractivity contribution in [3.63, 3.8) is 0 Å². The van der Waals surface area contributed by atoms with Gasteiger partial charge in [0.25, 0.3) is 0 Å². The molecule has 0 aromatic heterocycles. The van der Waals surface area contributed by atoms with E-state index in [2.05, 4.69) is 24.3 Å².